The van der Waals surface area contributed by atoms with Crippen LogP contribution >= 0.6 is 0 Å². The molecule has 0 fully saturated rings. The van der Waals surface area contributed by atoms with Gasteiger partial charge in [-0.15, -0.1) is 0 Å². The zero-order valence-corrected chi connectivity index (χ0v) is 6.93. The molecule has 1 aromatic rings. The second-order valence-corrected chi connectivity index (χ2v) is 2.62. The summed E-state index contributed by atoms with van der Waals surface area (Å²) in [6.45, 7) is 0.432. The van der Waals surface area contributed by atoms with E-state index in [-0.39, 0.29) is 11.4 Å². The third-order valence-electron chi connectivity index (χ3n) is 1.67. The number of nitrogens with zero attached hydrogens (tertiary/aromatic N) is 1. The molecule has 0 atom stereocenters. The monoisotopic (exact) mass is 182 g/mol. The van der Waals surface area contributed by atoms with Gasteiger partial charge in [0.1, 0.15) is 0 Å². The zero-order chi connectivity index (χ0) is 9.84. The van der Waals surface area contributed by atoms with Crippen molar-refractivity contribution < 1.29 is 10.0 Å². The van der Waals surface area contributed by atoms with Crippen LogP contribution in [0.25, 0.3) is 0 Å². The largest absolute Gasteiger partial charge is 0.502 e. The van der Waals surface area contributed by atoms with Crippen LogP contribution < -0.4 is 5.73 Å². The van der Waals surface area contributed by atoms with E-state index in [1.165, 1.54) is 12.1 Å². The van der Waals surface area contributed by atoms with Crippen molar-refractivity contribution in [2.24, 2.45) is 5.73 Å². The Labute approximate surface area is 74.9 Å². The molecular weight excluding hydrogens is 172 g/mol. The van der Waals surface area contributed by atoms with Crippen molar-refractivity contribution >= 4 is 5.69 Å². The summed E-state index contributed by atoms with van der Waals surface area (Å²) in [6, 6.07) is 4.26. The Morgan fingerprint density at radius 1 is 1.54 bits per heavy atom. The number of nitro benzene ring substituents is 1. The van der Waals surface area contributed by atoms with Crippen molar-refractivity contribution in [3.63, 3.8) is 0 Å². The SMILES string of the molecule is NCCc1ccc(O)c([N+](=O)[O-])c1. The molecule has 0 unspecified atom stereocenters. The lowest BCUT2D eigenvalue weighted by atomic mass is 10.1. The number of phenolic OH excluding ortho intramolecular Hbond substituents is 1. The Hall–Kier alpha value is -1.62. The van der Waals surface area contributed by atoms with Gasteiger partial charge in [0.2, 0.25) is 0 Å². The molecule has 3 N–H and O–H groups in total. The Morgan fingerprint density at radius 2 is 2.23 bits per heavy atom. The minimum Gasteiger partial charge on any atom is -0.502 e. The Morgan fingerprint density at radius 3 is 2.77 bits per heavy atom. The quantitative estimate of drug-likeness (QED) is 0.534. The van der Waals surface area contributed by atoms with E-state index in [0.29, 0.717) is 13.0 Å². The number of hydrogen-bond donors (Lipinski definition) is 2. The summed E-state index contributed by atoms with van der Waals surface area (Å²) in [5, 5.41) is 19.5. The summed E-state index contributed by atoms with van der Waals surface area (Å²) in [5.41, 5.74) is 5.78. The number of phenols is 1. The number of rotatable bonds is 3. The van der Waals surface area contributed by atoms with Gasteiger partial charge in [-0.1, -0.05) is 6.07 Å². The second-order valence-electron chi connectivity index (χ2n) is 2.62. The summed E-state index contributed by atoms with van der Waals surface area (Å²) < 4.78 is 0. The van der Waals surface area contributed by atoms with Crippen LogP contribution in [0.1, 0.15) is 5.56 Å². The first kappa shape index (κ1) is 9.47. The lowest BCUT2D eigenvalue weighted by Gasteiger charge is -1.99. The smallest absolute Gasteiger partial charge is 0.310 e. The van der Waals surface area contributed by atoms with E-state index in [1.54, 1.807) is 6.07 Å². The molecule has 5 heteroatoms. The molecule has 1 rings (SSSR count). The molecule has 0 aliphatic carbocycles. The fourth-order valence-electron chi connectivity index (χ4n) is 1.04. The number of benzene rings is 1. The lowest BCUT2D eigenvalue weighted by molar-refractivity contribution is -0.385. The van der Waals surface area contributed by atoms with Gasteiger partial charge >= 0.3 is 5.69 Å². The highest BCUT2D eigenvalue weighted by atomic mass is 16.6. The summed E-state index contributed by atoms with van der Waals surface area (Å²) in [6.07, 6.45) is 0.571. The topological polar surface area (TPSA) is 89.4 Å². The van der Waals surface area contributed by atoms with E-state index >= 15 is 0 Å². The van der Waals surface area contributed by atoms with Gasteiger partial charge in [-0.3, -0.25) is 10.1 Å². The van der Waals surface area contributed by atoms with Crippen LogP contribution in [0.3, 0.4) is 0 Å². The Bertz CT molecular complexity index is 325. The molecule has 0 aromatic heterocycles. The predicted octanol–water partition coefficient (Wildman–Crippen LogP) is 0.802. The molecule has 13 heavy (non-hydrogen) atoms. The molecule has 5 nitrogen and oxygen atoms in total. The van der Waals surface area contributed by atoms with Crippen LogP contribution in [-0.4, -0.2) is 16.6 Å². The Kier molecular flexibility index (Phi) is 2.81. The normalized spacial score (nSPS) is 9.92. The molecule has 0 bridgehead atoms. The third-order valence-corrected chi connectivity index (χ3v) is 1.67. The van der Waals surface area contributed by atoms with Crippen molar-refractivity contribution in [2.45, 2.75) is 6.42 Å². The van der Waals surface area contributed by atoms with Crippen LogP contribution in [0.5, 0.6) is 5.75 Å². The fourth-order valence-corrected chi connectivity index (χ4v) is 1.04. The van der Waals surface area contributed by atoms with E-state index in [0.717, 1.165) is 5.56 Å². The van der Waals surface area contributed by atoms with E-state index in [2.05, 4.69) is 0 Å². The number of nitro groups is 1. The average Bonchev–Trinajstić information content (AvgIpc) is 2.08. The molecular formula is C8H10N2O3. The van der Waals surface area contributed by atoms with Crippen LogP contribution in [0.2, 0.25) is 0 Å². The van der Waals surface area contributed by atoms with Crippen molar-refractivity contribution in [1.29, 1.82) is 0 Å². The average molecular weight is 182 g/mol. The van der Waals surface area contributed by atoms with Crippen LogP contribution in [0.4, 0.5) is 5.69 Å². The summed E-state index contributed by atoms with van der Waals surface area (Å²) >= 11 is 0. The van der Waals surface area contributed by atoms with Gasteiger partial charge in [0.15, 0.2) is 5.75 Å². The van der Waals surface area contributed by atoms with Gasteiger partial charge in [-0.05, 0) is 24.6 Å². The van der Waals surface area contributed by atoms with E-state index in [9.17, 15) is 10.1 Å². The van der Waals surface area contributed by atoms with E-state index in [4.69, 9.17) is 10.8 Å². The highest BCUT2D eigenvalue weighted by Crippen LogP contribution is 2.26. The van der Waals surface area contributed by atoms with Gasteiger partial charge in [-0.2, -0.15) is 0 Å². The van der Waals surface area contributed by atoms with Gasteiger partial charge in [0.25, 0.3) is 0 Å². The van der Waals surface area contributed by atoms with Gasteiger partial charge < -0.3 is 10.8 Å². The molecule has 0 saturated carbocycles. The third kappa shape index (κ3) is 2.16. The zero-order valence-electron chi connectivity index (χ0n) is 6.93. The molecule has 0 aliphatic heterocycles. The maximum absolute atomic E-state index is 10.4. The predicted molar refractivity (Wildman–Crippen MR) is 47.5 cm³/mol. The summed E-state index contributed by atoms with van der Waals surface area (Å²) in [4.78, 5) is 9.78. The molecule has 0 heterocycles. The molecule has 0 radical (unpaired) electrons. The van der Waals surface area contributed by atoms with Gasteiger partial charge in [0, 0.05) is 6.07 Å². The van der Waals surface area contributed by atoms with Gasteiger partial charge in [0.05, 0.1) is 4.92 Å². The molecule has 0 saturated heterocycles. The minimum atomic E-state index is -0.616. The molecule has 0 spiro atoms. The lowest BCUT2D eigenvalue weighted by Crippen LogP contribution is -2.02. The highest BCUT2D eigenvalue weighted by molar-refractivity contribution is 5.47. The molecule has 70 valence electrons. The van der Waals surface area contributed by atoms with E-state index in [1.807, 2.05) is 0 Å². The van der Waals surface area contributed by atoms with Crippen molar-refractivity contribution in [2.75, 3.05) is 6.54 Å². The standard InChI is InChI=1S/C8H10N2O3/c9-4-3-6-1-2-8(11)7(5-6)10(12)13/h1-2,5,11H,3-4,9H2. The first-order valence-electron chi connectivity index (χ1n) is 3.81. The van der Waals surface area contributed by atoms with Crippen LogP contribution in [0.15, 0.2) is 18.2 Å². The maximum Gasteiger partial charge on any atom is 0.310 e. The Balaban J connectivity index is 3.04. The molecule has 0 aliphatic rings. The molecule has 1 aromatic carbocycles. The van der Waals surface area contributed by atoms with Crippen molar-refractivity contribution in [3.05, 3.63) is 33.9 Å². The van der Waals surface area contributed by atoms with Crippen molar-refractivity contribution in [3.8, 4) is 5.75 Å². The second kappa shape index (κ2) is 3.86. The maximum atomic E-state index is 10.4. The summed E-state index contributed by atoms with van der Waals surface area (Å²) in [7, 11) is 0. The molecule has 0 amide bonds. The number of nitrogens with two attached hydrogens (primary N) is 1. The van der Waals surface area contributed by atoms with Crippen molar-refractivity contribution in [1.82, 2.24) is 0 Å². The highest BCUT2D eigenvalue weighted by Gasteiger charge is 2.12. The summed E-state index contributed by atoms with van der Waals surface area (Å²) in [5.74, 6) is -0.314. The first-order chi connectivity index (χ1) is 6.15. The first-order valence-corrected chi connectivity index (χ1v) is 3.81. The van der Waals surface area contributed by atoms with Crippen LogP contribution in [0, 0.1) is 10.1 Å². The number of aromatic hydroxyl groups is 1. The van der Waals surface area contributed by atoms with E-state index < -0.39 is 4.92 Å². The van der Waals surface area contributed by atoms with Gasteiger partial charge in [-0.25, -0.2) is 0 Å². The number of hydrogen-bond acceptors (Lipinski definition) is 4. The fraction of sp³-hybridized carbons (Fsp3) is 0.250. The van der Waals surface area contributed by atoms with Crippen LogP contribution in [-0.2, 0) is 6.42 Å². The minimum absolute atomic E-state index is 0.272.